The second-order valence-electron chi connectivity index (χ2n) is 9.81. The van der Waals surface area contributed by atoms with Crippen LogP contribution in [0.5, 0.6) is 0 Å². The molecule has 0 radical (unpaired) electrons. The molecule has 3 aliphatic rings. The molecule has 1 saturated carbocycles. The second kappa shape index (κ2) is 8.23. The summed E-state index contributed by atoms with van der Waals surface area (Å²) in [6.45, 7) is 4.93. The normalized spacial score (nSPS) is 26.0. The van der Waals surface area contributed by atoms with Crippen LogP contribution in [0.15, 0.2) is 6.20 Å². The summed E-state index contributed by atoms with van der Waals surface area (Å²) in [5, 5.41) is 3.25. The molecule has 4 heterocycles. The van der Waals surface area contributed by atoms with E-state index in [1.165, 1.54) is 28.1 Å². The van der Waals surface area contributed by atoms with E-state index in [4.69, 9.17) is 0 Å². The highest BCUT2D eigenvalue weighted by atomic mass is 32.2. The molecule has 2 fully saturated rings. The van der Waals surface area contributed by atoms with Crippen LogP contribution in [0.2, 0.25) is 0 Å². The van der Waals surface area contributed by atoms with Crippen molar-refractivity contribution in [2.45, 2.75) is 57.5 Å². The predicted octanol–water partition coefficient (Wildman–Crippen LogP) is 3.59. The average Bonchev–Trinajstić information content (AvgIpc) is 3.40. The van der Waals surface area contributed by atoms with Crippen molar-refractivity contribution >= 4 is 33.2 Å². The first-order valence-electron chi connectivity index (χ1n) is 11.7. The van der Waals surface area contributed by atoms with Crippen LogP contribution in [0.25, 0.3) is 10.6 Å². The lowest BCUT2D eigenvalue weighted by Crippen LogP contribution is -2.42. The number of halogens is 1. The van der Waals surface area contributed by atoms with Gasteiger partial charge in [0.25, 0.3) is 5.91 Å². The molecule has 1 aliphatic carbocycles. The molecular formula is C23H30FN5O3S2. The van der Waals surface area contributed by atoms with E-state index in [0.29, 0.717) is 48.2 Å². The van der Waals surface area contributed by atoms with E-state index < -0.39 is 15.8 Å². The third kappa shape index (κ3) is 3.54. The number of amides is 1. The van der Waals surface area contributed by atoms with Gasteiger partial charge in [-0.25, -0.2) is 27.1 Å². The molecule has 2 aliphatic heterocycles. The van der Waals surface area contributed by atoms with Crippen LogP contribution in [-0.4, -0.2) is 65.9 Å². The maximum Gasteiger partial charge on any atom is 0.255 e. The van der Waals surface area contributed by atoms with Crippen LogP contribution >= 0.6 is 11.3 Å². The van der Waals surface area contributed by atoms with E-state index >= 15 is 0 Å². The maximum absolute atomic E-state index is 15.0. The molecule has 11 heteroatoms. The molecule has 2 aromatic heterocycles. The highest BCUT2D eigenvalue weighted by Crippen LogP contribution is 2.57. The number of nitrogens with zero attached hydrogens (tertiary/aromatic N) is 4. The summed E-state index contributed by atoms with van der Waals surface area (Å²) < 4.78 is 39.9. The molecule has 1 spiro atoms. The van der Waals surface area contributed by atoms with Crippen LogP contribution in [0, 0.1) is 18.7 Å². The summed E-state index contributed by atoms with van der Waals surface area (Å²) in [4.78, 5) is 25.5. The summed E-state index contributed by atoms with van der Waals surface area (Å²) in [7, 11) is -1.31. The summed E-state index contributed by atoms with van der Waals surface area (Å²) in [5.41, 5.74) is 1.38. The van der Waals surface area contributed by atoms with Crippen LogP contribution in [-0.2, 0) is 15.6 Å². The monoisotopic (exact) mass is 507 g/mol. The van der Waals surface area contributed by atoms with Gasteiger partial charge in [0, 0.05) is 31.1 Å². The highest BCUT2D eigenvalue weighted by molar-refractivity contribution is 7.88. The molecular weight excluding hydrogens is 477 g/mol. The van der Waals surface area contributed by atoms with Gasteiger partial charge in [-0.3, -0.25) is 4.79 Å². The Hall–Kier alpha value is -2.11. The number of sulfonamides is 1. The maximum atomic E-state index is 15.0. The fourth-order valence-corrected chi connectivity index (χ4v) is 8.44. The van der Waals surface area contributed by atoms with Crippen molar-refractivity contribution in [2.75, 3.05) is 31.7 Å². The average molecular weight is 508 g/mol. The third-order valence-corrected chi connectivity index (χ3v) is 10.7. The first-order valence-corrected chi connectivity index (χ1v) is 14.4. The van der Waals surface area contributed by atoms with E-state index in [1.807, 2.05) is 18.9 Å². The molecule has 2 atom stereocenters. The lowest BCUT2D eigenvalue weighted by Gasteiger charge is -2.36. The molecule has 8 nitrogen and oxygen atoms in total. The van der Waals surface area contributed by atoms with Crippen LogP contribution < -0.4 is 5.32 Å². The SMILES string of the molecule is Cc1c(-c2nc(NC3CCN(S(C)(=O)=O)CC3)ncc2F)sc2c1C(=O)N(C)[C@@]21CCC[C@@H]1C. The first-order chi connectivity index (χ1) is 16.0. The number of fused-ring (bicyclic) bond motifs is 2. The molecule has 1 amide bonds. The van der Waals surface area contributed by atoms with Gasteiger partial charge in [-0.1, -0.05) is 13.3 Å². The van der Waals surface area contributed by atoms with Crippen molar-refractivity contribution in [2.24, 2.45) is 5.92 Å². The van der Waals surface area contributed by atoms with Gasteiger partial charge in [0.05, 0.1) is 28.4 Å². The molecule has 184 valence electrons. The minimum absolute atomic E-state index is 0.00332. The molecule has 2 aromatic rings. The molecule has 34 heavy (non-hydrogen) atoms. The van der Waals surface area contributed by atoms with Crippen molar-refractivity contribution in [1.29, 1.82) is 0 Å². The van der Waals surface area contributed by atoms with E-state index in [1.54, 1.807) is 0 Å². The van der Waals surface area contributed by atoms with Gasteiger partial charge < -0.3 is 10.2 Å². The summed E-state index contributed by atoms with van der Waals surface area (Å²) in [6, 6.07) is 0.00332. The Labute approximate surface area is 203 Å². The first kappa shape index (κ1) is 23.6. The highest BCUT2D eigenvalue weighted by Gasteiger charge is 2.55. The zero-order valence-corrected chi connectivity index (χ0v) is 21.5. The number of anilines is 1. The number of nitrogens with one attached hydrogen (secondary N) is 1. The lowest BCUT2D eigenvalue weighted by molar-refractivity contribution is 0.0556. The Morgan fingerprint density at radius 2 is 1.97 bits per heavy atom. The number of thiophene rings is 1. The van der Waals surface area contributed by atoms with Crippen molar-refractivity contribution in [1.82, 2.24) is 19.2 Å². The Morgan fingerprint density at radius 3 is 2.59 bits per heavy atom. The molecule has 0 unspecified atom stereocenters. The van der Waals surface area contributed by atoms with Crippen molar-refractivity contribution < 1.29 is 17.6 Å². The van der Waals surface area contributed by atoms with Gasteiger partial charge >= 0.3 is 0 Å². The zero-order valence-electron chi connectivity index (χ0n) is 19.9. The van der Waals surface area contributed by atoms with Gasteiger partial charge in [-0.15, -0.1) is 11.3 Å². The number of piperidine rings is 1. The lowest BCUT2D eigenvalue weighted by atomic mass is 9.86. The van der Waals surface area contributed by atoms with Crippen LogP contribution in [0.3, 0.4) is 0 Å². The van der Waals surface area contributed by atoms with Crippen LogP contribution in [0.4, 0.5) is 10.3 Å². The number of aromatic nitrogens is 2. The molecule has 0 bridgehead atoms. The summed E-state index contributed by atoms with van der Waals surface area (Å²) in [6.07, 6.45) is 6.69. The Morgan fingerprint density at radius 1 is 1.26 bits per heavy atom. The predicted molar refractivity (Wildman–Crippen MR) is 130 cm³/mol. The largest absolute Gasteiger partial charge is 0.351 e. The Balaban J connectivity index is 1.45. The molecule has 1 saturated heterocycles. The van der Waals surface area contributed by atoms with Crippen molar-refractivity contribution in [3.05, 3.63) is 28.0 Å². The second-order valence-corrected chi connectivity index (χ2v) is 12.8. The zero-order chi connectivity index (χ0) is 24.4. The van der Waals surface area contributed by atoms with E-state index in [-0.39, 0.29) is 23.2 Å². The number of carbonyl (C=O) groups is 1. The standard InChI is InChI=1S/C23H30FN5O3S2/c1-13-6-5-9-23(13)20-17(21(30)28(23)3)14(2)19(33-20)18-16(24)12-25-22(27-18)26-15-7-10-29(11-8-15)34(4,31)32/h12-13,15H,5-11H2,1-4H3,(H,25,26,27)/t13-,23+/m0/s1. The number of hydrogen-bond acceptors (Lipinski definition) is 7. The van der Waals surface area contributed by atoms with Crippen molar-refractivity contribution in [3.63, 3.8) is 0 Å². The smallest absolute Gasteiger partial charge is 0.255 e. The minimum Gasteiger partial charge on any atom is -0.351 e. The number of rotatable bonds is 4. The van der Waals surface area contributed by atoms with E-state index in [9.17, 15) is 17.6 Å². The van der Waals surface area contributed by atoms with Gasteiger partial charge in [0.15, 0.2) is 5.82 Å². The van der Waals surface area contributed by atoms with Crippen LogP contribution in [0.1, 0.15) is 59.8 Å². The number of hydrogen-bond donors (Lipinski definition) is 1. The van der Waals surface area contributed by atoms with E-state index in [2.05, 4.69) is 22.2 Å². The quantitative estimate of drug-likeness (QED) is 0.680. The molecule has 0 aromatic carbocycles. The van der Waals surface area contributed by atoms with Gasteiger partial charge in [0.1, 0.15) is 5.69 Å². The molecule has 1 N–H and O–H groups in total. The fraction of sp³-hybridized carbons (Fsp3) is 0.609. The van der Waals surface area contributed by atoms with E-state index in [0.717, 1.165) is 29.7 Å². The Kier molecular flexibility index (Phi) is 5.72. The third-order valence-electron chi connectivity index (χ3n) is 7.88. The topological polar surface area (TPSA) is 95.5 Å². The summed E-state index contributed by atoms with van der Waals surface area (Å²) in [5.74, 6) is 0.150. The fourth-order valence-electron chi connectivity index (χ4n) is 5.91. The van der Waals surface area contributed by atoms with Gasteiger partial charge in [0.2, 0.25) is 16.0 Å². The Bertz CT molecular complexity index is 1260. The summed E-state index contributed by atoms with van der Waals surface area (Å²) >= 11 is 1.49. The van der Waals surface area contributed by atoms with Gasteiger partial charge in [-0.05, 0) is 44.1 Å². The minimum atomic E-state index is -3.20. The van der Waals surface area contributed by atoms with Gasteiger partial charge in [-0.2, -0.15) is 0 Å². The van der Waals surface area contributed by atoms with Crippen molar-refractivity contribution in [3.8, 4) is 10.6 Å². The number of carbonyl (C=O) groups excluding carboxylic acids is 1. The molecule has 5 rings (SSSR count).